The zero-order chi connectivity index (χ0) is 18.9. The number of amides is 1. The Morgan fingerprint density at radius 3 is 2.36 bits per heavy atom. The predicted octanol–water partition coefficient (Wildman–Crippen LogP) is 1.45. The molecule has 1 rings (SSSR count). The molecule has 1 amide bonds. The van der Waals surface area contributed by atoms with E-state index in [1.807, 2.05) is 6.07 Å². The fraction of sp³-hybridized carbons (Fsp3) is 0.389. The van der Waals surface area contributed by atoms with Crippen molar-refractivity contribution in [2.24, 2.45) is 5.41 Å². The highest BCUT2D eigenvalue weighted by Gasteiger charge is 2.47. The second-order valence-corrected chi connectivity index (χ2v) is 5.40. The van der Waals surface area contributed by atoms with Crippen LogP contribution >= 0.6 is 0 Å². The highest BCUT2D eigenvalue weighted by molar-refractivity contribution is 6.21. The minimum Gasteiger partial charge on any atom is -0.445 e. The number of hydrogen-bond acceptors (Lipinski definition) is 6. The maximum atomic E-state index is 12.5. The summed E-state index contributed by atoms with van der Waals surface area (Å²) in [4.78, 5) is 58.2. The summed E-state index contributed by atoms with van der Waals surface area (Å²) in [6.07, 6.45) is 1.04. The van der Waals surface area contributed by atoms with Crippen molar-refractivity contribution >= 4 is 30.2 Å². The van der Waals surface area contributed by atoms with Gasteiger partial charge < -0.3 is 10.1 Å². The van der Waals surface area contributed by atoms with Crippen molar-refractivity contribution in [3.05, 3.63) is 35.9 Å². The van der Waals surface area contributed by atoms with Gasteiger partial charge in [0, 0.05) is 12.8 Å². The molecule has 25 heavy (non-hydrogen) atoms. The third kappa shape index (κ3) is 5.07. The molecule has 0 spiro atoms. The molecule has 0 fully saturated rings. The molecular formula is C18H19NO6. The number of rotatable bonds is 10. The zero-order valence-electron chi connectivity index (χ0n) is 14.0. The van der Waals surface area contributed by atoms with Crippen LogP contribution in [-0.2, 0) is 30.5 Å². The molecule has 0 aliphatic carbocycles. The van der Waals surface area contributed by atoms with E-state index in [1.54, 1.807) is 24.3 Å². The van der Waals surface area contributed by atoms with Crippen LogP contribution in [0.25, 0.3) is 0 Å². The summed E-state index contributed by atoms with van der Waals surface area (Å²) in [6, 6.07) is 7.68. The molecule has 0 aromatic heterocycles. The van der Waals surface area contributed by atoms with Gasteiger partial charge in [-0.05, 0) is 12.5 Å². The first kappa shape index (κ1) is 20.2. The van der Waals surface area contributed by atoms with Gasteiger partial charge in [0.05, 0.1) is 6.04 Å². The highest BCUT2D eigenvalue weighted by atomic mass is 16.5. The van der Waals surface area contributed by atoms with Crippen LogP contribution in [0.4, 0.5) is 4.79 Å². The average molecular weight is 345 g/mol. The van der Waals surface area contributed by atoms with Gasteiger partial charge in [-0.25, -0.2) is 4.79 Å². The summed E-state index contributed by atoms with van der Waals surface area (Å²) >= 11 is 0. The Kier molecular flexibility index (Phi) is 7.65. The van der Waals surface area contributed by atoms with Crippen molar-refractivity contribution in [3.63, 3.8) is 0 Å². The Labute approximate surface area is 145 Å². The number of ether oxygens (including phenoxy) is 1. The predicted molar refractivity (Wildman–Crippen MR) is 88.0 cm³/mol. The Bertz CT molecular complexity index is 642. The van der Waals surface area contributed by atoms with Gasteiger partial charge in [0.15, 0.2) is 23.3 Å². The summed E-state index contributed by atoms with van der Waals surface area (Å²) in [6.45, 7) is 2.75. The lowest BCUT2D eigenvalue weighted by Crippen LogP contribution is -2.51. The van der Waals surface area contributed by atoms with E-state index in [0.29, 0.717) is 0 Å². The van der Waals surface area contributed by atoms with Crippen LogP contribution in [0.2, 0.25) is 0 Å². The molecule has 1 unspecified atom stereocenters. The van der Waals surface area contributed by atoms with Crippen molar-refractivity contribution in [2.45, 2.75) is 39.3 Å². The third-order valence-corrected chi connectivity index (χ3v) is 3.67. The Hall–Kier alpha value is -2.83. The van der Waals surface area contributed by atoms with E-state index in [4.69, 9.17) is 4.74 Å². The molecule has 2 atom stereocenters. The molecule has 7 nitrogen and oxygen atoms in total. The van der Waals surface area contributed by atoms with Crippen LogP contribution in [0.3, 0.4) is 0 Å². The van der Waals surface area contributed by atoms with E-state index in [1.165, 1.54) is 26.4 Å². The molecule has 7 heteroatoms. The van der Waals surface area contributed by atoms with E-state index in [9.17, 15) is 24.0 Å². The molecule has 0 heterocycles. The lowest BCUT2D eigenvalue weighted by atomic mass is 9.75. The van der Waals surface area contributed by atoms with Crippen molar-refractivity contribution in [3.8, 4) is 0 Å². The first-order valence-corrected chi connectivity index (χ1v) is 7.70. The van der Waals surface area contributed by atoms with Crippen LogP contribution in [0.15, 0.2) is 30.3 Å². The van der Waals surface area contributed by atoms with E-state index in [0.717, 1.165) is 5.56 Å². The molecule has 1 aromatic rings. The number of hydrogen-bond donors (Lipinski definition) is 1. The highest BCUT2D eigenvalue weighted by Crippen LogP contribution is 2.24. The maximum absolute atomic E-state index is 12.5. The minimum atomic E-state index is -2.25. The van der Waals surface area contributed by atoms with Crippen LogP contribution in [0.1, 0.15) is 32.3 Å². The Balaban J connectivity index is 2.75. The van der Waals surface area contributed by atoms with E-state index >= 15 is 0 Å². The molecule has 1 N–H and O–H groups in total. The molecule has 0 saturated heterocycles. The molecule has 0 aliphatic rings. The van der Waals surface area contributed by atoms with Gasteiger partial charge in [-0.1, -0.05) is 37.3 Å². The van der Waals surface area contributed by atoms with Crippen LogP contribution < -0.4 is 5.32 Å². The maximum Gasteiger partial charge on any atom is 0.408 e. The van der Waals surface area contributed by atoms with Gasteiger partial charge in [-0.3, -0.25) is 19.2 Å². The number of carbonyl (C=O) groups is 3. The molecule has 0 bridgehead atoms. The number of alkyl carbamates (subject to hydrolysis) is 1. The fourth-order valence-electron chi connectivity index (χ4n) is 2.25. The van der Waals surface area contributed by atoms with Gasteiger partial charge >= 0.3 is 6.09 Å². The minimum absolute atomic E-state index is 0.00542. The number of Topliss-reactive ketones (excluding diaryl/α,β-unsaturated/α-hetero) is 2. The number of nitrogens with one attached hydrogen (secondary N) is 1. The topological polar surface area (TPSA) is 107 Å². The average Bonchev–Trinajstić information content (AvgIpc) is 2.64. The molecular weight excluding hydrogens is 326 g/mol. The summed E-state index contributed by atoms with van der Waals surface area (Å²) in [5.74, 6) is -1.67. The lowest BCUT2D eigenvalue weighted by molar-refractivity contribution is -0.137. The van der Waals surface area contributed by atoms with Crippen LogP contribution in [-0.4, -0.2) is 36.3 Å². The van der Waals surface area contributed by atoms with Crippen molar-refractivity contribution in [1.82, 2.24) is 5.32 Å². The molecule has 0 aliphatic heterocycles. The second-order valence-electron chi connectivity index (χ2n) is 5.40. The van der Waals surface area contributed by atoms with Crippen molar-refractivity contribution in [2.75, 3.05) is 0 Å². The number of benzene rings is 1. The summed E-state index contributed by atoms with van der Waals surface area (Å²) in [7, 11) is 0. The second kappa shape index (κ2) is 9.46. The Morgan fingerprint density at radius 1 is 1.20 bits per heavy atom. The normalized spacial score (nSPS) is 13.8. The monoisotopic (exact) mass is 345 g/mol. The molecule has 0 saturated carbocycles. The van der Waals surface area contributed by atoms with Crippen LogP contribution in [0.5, 0.6) is 0 Å². The van der Waals surface area contributed by atoms with Gasteiger partial charge in [-0.2, -0.15) is 0 Å². The van der Waals surface area contributed by atoms with Gasteiger partial charge in [-0.15, -0.1) is 0 Å². The van der Waals surface area contributed by atoms with E-state index < -0.39 is 35.5 Å². The van der Waals surface area contributed by atoms with Gasteiger partial charge in [0.1, 0.15) is 6.61 Å². The van der Waals surface area contributed by atoms with Crippen molar-refractivity contribution in [1.29, 1.82) is 0 Å². The van der Waals surface area contributed by atoms with Gasteiger partial charge in [0.25, 0.3) is 0 Å². The van der Waals surface area contributed by atoms with E-state index in [2.05, 4.69) is 5.32 Å². The summed E-state index contributed by atoms with van der Waals surface area (Å²) in [5, 5.41) is 2.26. The summed E-state index contributed by atoms with van der Waals surface area (Å²) in [5.41, 5.74) is -1.49. The standard InChI is InChI=1S/C18H19NO6/c1-3-15(22)18(12-21,9-10-20)16(23)13(2)19-17(24)25-11-14-7-5-4-6-8-14/h4-8,13H,3,9,11H2,1-2H3,(H,19,24)/t13-,18?/m0/s1. The van der Waals surface area contributed by atoms with E-state index in [-0.39, 0.29) is 13.0 Å². The largest absolute Gasteiger partial charge is 0.445 e. The first-order chi connectivity index (χ1) is 11.9. The quantitative estimate of drug-likeness (QED) is 0.643. The number of ketones is 2. The van der Waals surface area contributed by atoms with Gasteiger partial charge in [0.2, 0.25) is 6.29 Å². The molecule has 132 valence electrons. The zero-order valence-corrected chi connectivity index (χ0v) is 14.0. The number of carbonyl (C=O) groups excluding carboxylic acids is 5. The Morgan fingerprint density at radius 2 is 1.84 bits per heavy atom. The first-order valence-electron chi connectivity index (χ1n) is 7.70. The van der Waals surface area contributed by atoms with Crippen LogP contribution in [0, 0.1) is 5.41 Å². The van der Waals surface area contributed by atoms with Crippen molar-refractivity contribution < 1.29 is 28.7 Å². The SMILES string of the molecule is CCC(=O)C([C]=O)(C[C]=O)C(=O)[C@H](C)NC(=O)OCc1ccccc1. The summed E-state index contributed by atoms with van der Waals surface area (Å²) < 4.78 is 4.98. The smallest absolute Gasteiger partial charge is 0.408 e. The molecule has 2 radical (unpaired) electrons. The lowest BCUT2D eigenvalue weighted by Gasteiger charge is -2.25. The molecule has 1 aromatic carbocycles. The fourth-order valence-corrected chi connectivity index (χ4v) is 2.25. The third-order valence-electron chi connectivity index (χ3n) is 3.67.